The van der Waals surface area contributed by atoms with Crippen molar-refractivity contribution in [3.63, 3.8) is 0 Å². The van der Waals surface area contributed by atoms with Gasteiger partial charge in [-0.25, -0.2) is 0 Å². The highest BCUT2D eigenvalue weighted by atomic mass is 32.2. The number of amides is 1. The van der Waals surface area contributed by atoms with Gasteiger partial charge in [0.2, 0.25) is 0 Å². The van der Waals surface area contributed by atoms with Gasteiger partial charge in [-0.3, -0.25) is 4.79 Å². The first-order chi connectivity index (χ1) is 10.8. The lowest BCUT2D eigenvalue weighted by atomic mass is 10.2. The quantitative estimate of drug-likeness (QED) is 0.591. The summed E-state index contributed by atoms with van der Waals surface area (Å²) in [6.45, 7) is 3.37. The summed E-state index contributed by atoms with van der Waals surface area (Å²) in [5.74, 6) is 1.65. The number of hydrogen-bond acceptors (Lipinski definition) is 3. The number of thioether (sulfide) groups is 1. The second-order valence-electron chi connectivity index (χ2n) is 4.79. The van der Waals surface area contributed by atoms with Gasteiger partial charge in [-0.2, -0.15) is 0 Å². The summed E-state index contributed by atoms with van der Waals surface area (Å²) in [6, 6.07) is 17.5. The fraction of sp³-hybridized carbons (Fsp3) is 0.278. The third kappa shape index (κ3) is 5.45. The maximum absolute atomic E-state index is 11.8. The Hall–Kier alpha value is -1.94. The molecule has 0 atom stereocenters. The fourth-order valence-corrected chi connectivity index (χ4v) is 2.63. The van der Waals surface area contributed by atoms with Crippen molar-refractivity contribution >= 4 is 17.7 Å². The number of hydrogen-bond donors (Lipinski definition) is 1. The van der Waals surface area contributed by atoms with Crippen molar-refractivity contribution < 1.29 is 9.53 Å². The summed E-state index contributed by atoms with van der Waals surface area (Å²) in [6.07, 6.45) is 0.937. The summed E-state index contributed by atoms with van der Waals surface area (Å²) in [4.78, 5) is 13.0. The minimum atomic E-state index is -0.0342. The van der Waals surface area contributed by atoms with Crippen LogP contribution in [0.3, 0.4) is 0 Å². The second-order valence-corrected chi connectivity index (χ2v) is 5.96. The lowest BCUT2D eigenvalue weighted by molar-refractivity contribution is 0.0953. The molecule has 0 bridgehead atoms. The minimum Gasteiger partial charge on any atom is -0.493 e. The Labute approximate surface area is 136 Å². The molecule has 0 unspecified atom stereocenters. The summed E-state index contributed by atoms with van der Waals surface area (Å²) in [7, 11) is 0. The maximum Gasteiger partial charge on any atom is 0.251 e. The molecule has 0 aliphatic rings. The van der Waals surface area contributed by atoms with E-state index in [4.69, 9.17) is 4.74 Å². The van der Waals surface area contributed by atoms with E-state index in [0.29, 0.717) is 18.7 Å². The molecule has 0 aliphatic carbocycles. The van der Waals surface area contributed by atoms with Crippen LogP contribution in [0.15, 0.2) is 59.5 Å². The van der Waals surface area contributed by atoms with Gasteiger partial charge in [0.1, 0.15) is 5.75 Å². The van der Waals surface area contributed by atoms with Crippen molar-refractivity contribution in [3.8, 4) is 5.75 Å². The zero-order valence-electron chi connectivity index (χ0n) is 12.7. The Morgan fingerprint density at radius 3 is 2.50 bits per heavy atom. The number of benzene rings is 2. The molecule has 2 rings (SSSR count). The zero-order chi connectivity index (χ0) is 15.6. The maximum atomic E-state index is 11.8. The van der Waals surface area contributed by atoms with E-state index in [9.17, 15) is 4.79 Å². The summed E-state index contributed by atoms with van der Waals surface area (Å²) < 4.78 is 5.69. The van der Waals surface area contributed by atoms with Gasteiger partial charge in [0.25, 0.3) is 5.91 Å². The molecule has 2 aromatic rings. The highest BCUT2D eigenvalue weighted by molar-refractivity contribution is 7.99. The van der Waals surface area contributed by atoms with Gasteiger partial charge in [-0.05, 0) is 42.8 Å². The smallest absolute Gasteiger partial charge is 0.251 e. The first-order valence-electron chi connectivity index (χ1n) is 7.48. The summed E-state index contributed by atoms with van der Waals surface area (Å²) in [5, 5.41) is 2.86. The van der Waals surface area contributed by atoms with Gasteiger partial charge in [0, 0.05) is 22.8 Å². The van der Waals surface area contributed by atoms with Gasteiger partial charge >= 0.3 is 0 Å². The van der Waals surface area contributed by atoms with Crippen LogP contribution in [0.2, 0.25) is 0 Å². The van der Waals surface area contributed by atoms with Crippen LogP contribution in [0.5, 0.6) is 5.75 Å². The van der Waals surface area contributed by atoms with E-state index in [0.717, 1.165) is 17.9 Å². The van der Waals surface area contributed by atoms with Crippen LogP contribution in [0.25, 0.3) is 0 Å². The molecule has 0 aromatic heterocycles. The first-order valence-corrected chi connectivity index (χ1v) is 8.47. The average Bonchev–Trinajstić information content (AvgIpc) is 2.58. The molecule has 2 aromatic carbocycles. The molecule has 1 N–H and O–H groups in total. The number of carbonyl (C=O) groups is 1. The predicted molar refractivity (Wildman–Crippen MR) is 91.7 cm³/mol. The van der Waals surface area contributed by atoms with Crippen molar-refractivity contribution in [2.24, 2.45) is 0 Å². The summed E-state index contributed by atoms with van der Waals surface area (Å²) >= 11 is 1.77. The molecule has 4 heteroatoms. The van der Waals surface area contributed by atoms with E-state index < -0.39 is 0 Å². The van der Waals surface area contributed by atoms with E-state index in [1.165, 1.54) is 4.90 Å². The van der Waals surface area contributed by atoms with Crippen LogP contribution in [-0.2, 0) is 0 Å². The van der Waals surface area contributed by atoms with Gasteiger partial charge in [0.15, 0.2) is 0 Å². The van der Waals surface area contributed by atoms with Crippen molar-refractivity contribution in [2.75, 3.05) is 18.9 Å². The topological polar surface area (TPSA) is 38.3 Å². The Morgan fingerprint density at radius 2 is 1.82 bits per heavy atom. The van der Waals surface area contributed by atoms with Crippen molar-refractivity contribution in [2.45, 2.75) is 18.2 Å². The molecule has 0 radical (unpaired) electrons. The molecular weight excluding hydrogens is 294 g/mol. The Bertz CT molecular complexity index is 569. The van der Waals surface area contributed by atoms with Crippen LogP contribution in [0.4, 0.5) is 0 Å². The normalized spacial score (nSPS) is 10.2. The molecule has 1 amide bonds. The Morgan fingerprint density at radius 1 is 1.09 bits per heavy atom. The molecule has 0 saturated heterocycles. The Balaban J connectivity index is 1.73. The highest BCUT2D eigenvalue weighted by Gasteiger charge is 2.04. The lowest BCUT2D eigenvalue weighted by Crippen LogP contribution is -2.23. The largest absolute Gasteiger partial charge is 0.493 e. The first kappa shape index (κ1) is 16.4. The van der Waals surface area contributed by atoms with Crippen LogP contribution in [0.1, 0.15) is 23.7 Å². The third-order valence-corrected chi connectivity index (χ3v) is 3.99. The number of carbonyl (C=O) groups excluding carboxylic acids is 1. The highest BCUT2D eigenvalue weighted by Crippen LogP contribution is 2.17. The van der Waals surface area contributed by atoms with Crippen molar-refractivity contribution in [3.05, 3.63) is 60.2 Å². The van der Waals surface area contributed by atoms with E-state index in [1.807, 2.05) is 37.3 Å². The monoisotopic (exact) mass is 315 g/mol. The summed E-state index contributed by atoms with van der Waals surface area (Å²) in [5.41, 5.74) is 0.666. The SMILES string of the molecule is CCCNC(=O)c1ccc(OCCSc2ccccc2)cc1. The molecule has 0 heterocycles. The zero-order valence-corrected chi connectivity index (χ0v) is 13.6. The lowest BCUT2D eigenvalue weighted by Gasteiger charge is -2.07. The van der Waals surface area contributed by atoms with Gasteiger partial charge in [-0.1, -0.05) is 25.1 Å². The van der Waals surface area contributed by atoms with Crippen LogP contribution >= 0.6 is 11.8 Å². The molecule has 22 heavy (non-hydrogen) atoms. The van der Waals surface area contributed by atoms with Crippen molar-refractivity contribution in [1.82, 2.24) is 5.32 Å². The number of ether oxygens (including phenoxy) is 1. The number of rotatable bonds is 8. The van der Waals surface area contributed by atoms with Crippen LogP contribution in [-0.4, -0.2) is 24.8 Å². The van der Waals surface area contributed by atoms with Crippen LogP contribution < -0.4 is 10.1 Å². The Kier molecular flexibility index (Phi) is 6.84. The molecule has 0 spiro atoms. The van der Waals surface area contributed by atoms with Crippen molar-refractivity contribution in [1.29, 1.82) is 0 Å². The molecule has 116 valence electrons. The molecular formula is C18H21NO2S. The molecule has 0 fully saturated rings. The molecule has 0 saturated carbocycles. The predicted octanol–water partition coefficient (Wildman–Crippen LogP) is 4.00. The molecule has 0 aliphatic heterocycles. The van der Waals surface area contributed by atoms with Gasteiger partial charge < -0.3 is 10.1 Å². The average molecular weight is 315 g/mol. The number of nitrogens with one attached hydrogen (secondary N) is 1. The van der Waals surface area contributed by atoms with Crippen LogP contribution in [0, 0.1) is 0 Å². The third-order valence-electron chi connectivity index (χ3n) is 3.02. The molecule has 3 nitrogen and oxygen atoms in total. The van der Waals surface area contributed by atoms with Gasteiger partial charge in [-0.15, -0.1) is 11.8 Å². The van der Waals surface area contributed by atoms with E-state index in [2.05, 4.69) is 17.4 Å². The fourth-order valence-electron chi connectivity index (χ4n) is 1.88. The second kappa shape index (κ2) is 9.15. The van der Waals surface area contributed by atoms with E-state index in [-0.39, 0.29) is 5.91 Å². The minimum absolute atomic E-state index is 0.0342. The van der Waals surface area contributed by atoms with Gasteiger partial charge in [0.05, 0.1) is 6.61 Å². The van der Waals surface area contributed by atoms with E-state index >= 15 is 0 Å². The standard InChI is InChI=1S/C18H21NO2S/c1-2-12-19-18(20)15-8-10-16(11-9-15)21-13-14-22-17-6-4-3-5-7-17/h3-11H,2,12-14H2,1H3,(H,19,20). The van der Waals surface area contributed by atoms with E-state index in [1.54, 1.807) is 23.9 Å².